The van der Waals surface area contributed by atoms with E-state index in [1.54, 1.807) is 6.92 Å². The second-order valence-electron chi connectivity index (χ2n) is 7.30. The van der Waals surface area contributed by atoms with E-state index in [0.29, 0.717) is 10.2 Å². The molecule has 3 rings (SSSR count). The van der Waals surface area contributed by atoms with Crippen LogP contribution >= 0.6 is 11.3 Å². The van der Waals surface area contributed by atoms with E-state index in [-0.39, 0.29) is 30.2 Å². The summed E-state index contributed by atoms with van der Waals surface area (Å²) in [4.78, 5) is 38.9. The highest BCUT2D eigenvalue weighted by Gasteiger charge is 2.31. The Hall–Kier alpha value is -3.34. The maximum absolute atomic E-state index is 13.0. The molecular weight excluding hydrogens is 459 g/mol. The Bertz CT molecular complexity index is 1240. The number of fused-ring (bicyclic) bond motifs is 1. The standard InChI is InChI=1S/C22H22F3N3O4S/c1-5-32-21(31)19-18(26-13(4)29)17-11(2)12(3)33-20(17)28(19)10-16(30)27-15-8-6-7-14(9-15)22(23,24)25/h6-9H,5,10H2,1-4H3,(H,26,29)(H,27,30). The summed E-state index contributed by atoms with van der Waals surface area (Å²) >= 11 is 1.33. The minimum Gasteiger partial charge on any atom is -0.461 e. The van der Waals surface area contributed by atoms with Gasteiger partial charge in [-0.3, -0.25) is 9.59 Å². The van der Waals surface area contributed by atoms with E-state index < -0.39 is 29.5 Å². The number of ether oxygens (including phenoxy) is 1. The van der Waals surface area contributed by atoms with Gasteiger partial charge in [0.25, 0.3) is 0 Å². The van der Waals surface area contributed by atoms with Crippen molar-refractivity contribution in [3.8, 4) is 0 Å². The summed E-state index contributed by atoms with van der Waals surface area (Å²) in [5, 5.41) is 5.72. The van der Waals surface area contributed by atoms with Crippen LogP contribution in [0.4, 0.5) is 24.5 Å². The second kappa shape index (κ2) is 9.26. The van der Waals surface area contributed by atoms with Crippen molar-refractivity contribution in [3.05, 3.63) is 46.0 Å². The van der Waals surface area contributed by atoms with Crippen LogP contribution in [0.2, 0.25) is 0 Å². The number of hydrogen-bond donors (Lipinski definition) is 2. The Balaban J connectivity index is 2.05. The van der Waals surface area contributed by atoms with Crippen molar-refractivity contribution in [2.24, 2.45) is 0 Å². The van der Waals surface area contributed by atoms with Crippen LogP contribution in [0.25, 0.3) is 10.2 Å². The van der Waals surface area contributed by atoms with Crippen LogP contribution in [0.5, 0.6) is 0 Å². The number of nitrogens with zero attached hydrogens (tertiary/aromatic N) is 1. The number of aryl methyl sites for hydroxylation is 2. The molecule has 0 saturated carbocycles. The predicted molar refractivity (Wildman–Crippen MR) is 120 cm³/mol. The molecular formula is C22H22F3N3O4S. The molecule has 0 radical (unpaired) electrons. The highest BCUT2D eigenvalue weighted by Crippen LogP contribution is 2.40. The summed E-state index contributed by atoms with van der Waals surface area (Å²) in [5.41, 5.74) is 0.145. The fourth-order valence-corrected chi connectivity index (χ4v) is 4.59. The molecule has 11 heteroatoms. The van der Waals surface area contributed by atoms with E-state index in [2.05, 4.69) is 10.6 Å². The Kier molecular flexibility index (Phi) is 6.82. The number of alkyl halides is 3. The normalized spacial score (nSPS) is 11.5. The largest absolute Gasteiger partial charge is 0.461 e. The lowest BCUT2D eigenvalue weighted by Crippen LogP contribution is -2.23. The monoisotopic (exact) mass is 481 g/mol. The molecule has 3 aromatic rings. The number of carbonyl (C=O) groups is 3. The van der Waals surface area contributed by atoms with E-state index in [4.69, 9.17) is 4.74 Å². The molecule has 0 bridgehead atoms. The number of benzene rings is 1. The number of hydrogen-bond acceptors (Lipinski definition) is 5. The Morgan fingerprint density at radius 3 is 2.45 bits per heavy atom. The fraction of sp³-hybridized carbons (Fsp3) is 0.318. The maximum Gasteiger partial charge on any atom is 0.416 e. The van der Waals surface area contributed by atoms with Crippen molar-refractivity contribution in [2.75, 3.05) is 17.2 Å². The molecule has 0 fully saturated rings. The first-order chi connectivity index (χ1) is 15.4. The van der Waals surface area contributed by atoms with Crippen LogP contribution in [-0.4, -0.2) is 29.0 Å². The van der Waals surface area contributed by atoms with E-state index >= 15 is 0 Å². The van der Waals surface area contributed by atoms with Gasteiger partial charge in [-0.25, -0.2) is 4.79 Å². The van der Waals surface area contributed by atoms with E-state index in [1.165, 1.54) is 35.0 Å². The summed E-state index contributed by atoms with van der Waals surface area (Å²) in [6, 6.07) is 4.27. The fourth-order valence-electron chi connectivity index (χ4n) is 3.43. The quantitative estimate of drug-likeness (QED) is 0.479. The lowest BCUT2D eigenvalue weighted by atomic mass is 10.2. The van der Waals surface area contributed by atoms with Gasteiger partial charge >= 0.3 is 12.1 Å². The highest BCUT2D eigenvalue weighted by molar-refractivity contribution is 7.19. The SMILES string of the molecule is CCOC(=O)c1c(NC(C)=O)c2c(C)c(C)sc2n1CC(=O)Nc1cccc(C(F)(F)F)c1. The molecule has 1 aromatic carbocycles. The van der Waals surface area contributed by atoms with Gasteiger partial charge in [0, 0.05) is 22.9 Å². The van der Waals surface area contributed by atoms with Crippen LogP contribution in [0, 0.1) is 13.8 Å². The van der Waals surface area contributed by atoms with Crippen LogP contribution in [0.15, 0.2) is 24.3 Å². The summed E-state index contributed by atoms with van der Waals surface area (Å²) in [7, 11) is 0. The number of carbonyl (C=O) groups excluding carboxylic acids is 3. The summed E-state index contributed by atoms with van der Waals surface area (Å²) < 4.78 is 45.5. The zero-order chi connectivity index (χ0) is 24.5. The minimum atomic E-state index is -4.55. The lowest BCUT2D eigenvalue weighted by molar-refractivity contribution is -0.137. The number of anilines is 2. The van der Waals surface area contributed by atoms with Gasteiger partial charge < -0.3 is 19.9 Å². The zero-order valence-corrected chi connectivity index (χ0v) is 19.2. The van der Waals surface area contributed by atoms with Gasteiger partial charge in [-0.05, 0) is 44.5 Å². The number of halogens is 3. The Labute approximate surface area is 191 Å². The van der Waals surface area contributed by atoms with Crippen LogP contribution in [-0.2, 0) is 27.0 Å². The van der Waals surface area contributed by atoms with Crippen molar-refractivity contribution in [1.29, 1.82) is 0 Å². The van der Waals surface area contributed by atoms with Gasteiger partial charge in [-0.2, -0.15) is 13.2 Å². The number of amides is 2. The zero-order valence-electron chi connectivity index (χ0n) is 18.3. The molecule has 2 N–H and O–H groups in total. The first-order valence-corrected chi connectivity index (χ1v) is 10.8. The molecule has 7 nitrogen and oxygen atoms in total. The lowest BCUT2D eigenvalue weighted by Gasteiger charge is -2.13. The molecule has 2 aromatic heterocycles. The summed E-state index contributed by atoms with van der Waals surface area (Å²) in [5.74, 6) is -1.78. The van der Waals surface area contributed by atoms with Gasteiger partial charge in [0.2, 0.25) is 11.8 Å². The van der Waals surface area contributed by atoms with Gasteiger partial charge in [0.1, 0.15) is 11.4 Å². The third kappa shape index (κ3) is 5.03. The van der Waals surface area contributed by atoms with Crippen molar-refractivity contribution in [2.45, 2.75) is 40.4 Å². The molecule has 0 unspecified atom stereocenters. The second-order valence-corrected chi connectivity index (χ2v) is 8.50. The average molecular weight is 481 g/mol. The molecule has 176 valence electrons. The van der Waals surface area contributed by atoms with E-state index in [1.807, 2.05) is 13.8 Å². The molecule has 33 heavy (non-hydrogen) atoms. The molecule has 0 spiro atoms. The third-order valence-electron chi connectivity index (χ3n) is 4.91. The Morgan fingerprint density at radius 1 is 1.15 bits per heavy atom. The highest BCUT2D eigenvalue weighted by atomic mass is 32.1. The summed E-state index contributed by atoms with van der Waals surface area (Å²) in [6.45, 7) is 6.33. The maximum atomic E-state index is 13.0. The molecule has 0 aliphatic rings. The van der Waals surface area contributed by atoms with Crippen LogP contribution in [0.3, 0.4) is 0 Å². The van der Waals surface area contributed by atoms with Gasteiger partial charge in [0.05, 0.1) is 17.9 Å². The number of thiophene rings is 1. The summed E-state index contributed by atoms with van der Waals surface area (Å²) in [6.07, 6.45) is -4.55. The van der Waals surface area contributed by atoms with E-state index in [0.717, 1.165) is 22.6 Å². The number of nitrogens with one attached hydrogen (secondary N) is 2. The minimum absolute atomic E-state index is 0.00408. The molecule has 0 atom stereocenters. The first-order valence-electron chi connectivity index (χ1n) is 9.98. The number of rotatable bonds is 6. The molecule has 0 saturated heterocycles. The van der Waals surface area contributed by atoms with Crippen molar-refractivity contribution < 1.29 is 32.3 Å². The van der Waals surface area contributed by atoms with Gasteiger partial charge in [-0.15, -0.1) is 11.3 Å². The number of esters is 1. The smallest absolute Gasteiger partial charge is 0.416 e. The molecule has 2 amide bonds. The third-order valence-corrected chi connectivity index (χ3v) is 6.14. The van der Waals surface area contributed by atoms with Crippen LogP contribution < -0.4 is 10.6 Å². The van der Waals surface area contributed by atoms with Gasteiger partial charge in [0.15, 0.2) is 5.69 Å². The molecule has 0 aliphatic heterocycles. The molecule has 2 heterocycles. The number of aromatic nitrogens is 1. The topological polar surface area (TPSA) is 89.4 Å². The van der Waals surface area contributed by atoms with Crippen LogP contribution in [0.1, 0.15) is 40.3 Å². The van der Waals surface area contributed by atoms with Gasteiger partial charge in [-0.1, -0.05) is 6.07 Å². The predicted octanol–water partition coefficient (Wildman–Crippen LogP) is 5.11. The average Bonchev–Trinajstić information content (AvgIpc) is 3.15. The van der Waals surface area contributed by atoms with Crippen molar-refractivity contribution in [3.63, 3.8) is 0 Å². The first kappa shape index (κ1) is 24.3. The van der Waals surface area contributed by atoms with Crippen molar-refractivity contribution in [1.82, 2.24) is 4.57 Å². The molecule has 0 aliphatic carbocycles. The van der Waals surface area contributed by atoms with Crippen molar-refractivity contribution >= 4 is 50.7 Å². The Morgan fingerprint density at radius 2 is 1.85 bits per heavy atom. The van der Waals surface area contributed by atoms with E-state index in [9.17, 15) is 27.6 Å².